The molecule has 8 heteroatoms. The number of ether oxygens (including phenoxy) is 2. The Morgan fingerprint density at radius 2 is 1.82 bits per heavy atom. The van der Waals surface area contributed by atoms with Gasteiger partial charge in [0.05, 0.1) is 7.11 Å². The summed E-state index contributed by atoms with van der Waals surface area (Å²) < 4.78 is 13.5. The van der Waals surface area contributed by atoms with Crippen LogP contribution >= 0.6 is 23.2 Å². The number of fused-ring (bicyclic) bond motifs is 1. The van der Waals surface area contributed by atoms with E-state index >= 15 is 0 Å². The number of anilines is 1. The fraction of sp³-hybridized carbons (Fsp3) is 0.120. The second-order valence-electron chi connectivity index (χ2n) is 7.48. The Morgan fingerprint density at radius 1 is 1.00 bits per heavy atom. The third kappa shape index (κ3) is 4.40. The van der Waals surface area contributed by atoms with Crippen molar-refractivity contribution in [3.63, 3.8) is 0 Å². The molecule has 1 aliphatic heterocycles. The number of methoxy groups -OCH3 is 1. The first kappa shape index (κ1) is 21.4. The molecule has 0 radical (unpaired) electrons. The van der Waals surface area contributed by atoms with Crippen molar-refractivity contribution >= 4 is 34.8 Å². The summed E-state index contributed by atoms with van der Waals surface area (Å²) in [7, 11) is 1.62. The molecule has 1 aromatic heterocycles. The van der Waals surface area contributed by atoms with Gasteiger partial charge in [-0.2, -0.15) is 10.1 Å². The zero-order valence-corrected chi connectivity index (χ0v) is 19.2. The highest BCUT2D eigenvalue weighted by molar-refractivity contribution is 6.31. The van der Waals surface area contributed by atoms with Gasteiger partial charge < -0.3 is 14.8 Å². The van der Waals surface area contributed by atoms with Crippen LogP contribution in [0.3, 0.4) is 0 Å². The Hall–Kier alpha value is -3.48. The van der Waals surface area contributed by atoms with Crippen LogP contribution in [-0.4, -0.2) is 21.9 Å². The van der Waals surface area contributed by atoms with E-state index in [1.165, 1.54) is 6.33 Å². The molecule has 5 rings (SSSR count). The number of aromatic nitrogens is 3. The number of hydrogen-bond acceptors (Lipinski definition) is 5. The number of rotatable bonds is 6. The Kier molecular flexibility index (Phi) is 5.94. The monoisotopic (exact) mass is 478 g/mol. The van der Waals surface area contributed by atoms with Crippen molar-refractivity contribution in [1.29, 1.82) is 0 Å². The molecule has 0 aliphatic carbocycles. The first-order chi connectivity index (χ1) is 16.1. The summed E-state index contributed by atoms with van der Waals surface area (Å²) in [5.74, 6) is 1.92. The van der Waals surface area contributed by atoms with Crippen LogP contribution in [0.1, 0.15) is 22.7 Å². The molecule has 4 aromatic rings. The van der Waals surface area contributed by atoms with Crippen LogP contribution < -0.4 is 14.8 Å². The highest BCUT2D eigenvalue weighted by atomic mass is 35.5. The molecule has 0 saturated carbocycles. The topological polar surface area (TPSA) is 61.2 Å². The zero-order valence-electron chi connectivity index (χ0n) is 17.7. The zero-order chi connectivity index (χ0) is 22.8. The van der Waals surface area contributed by atoms with Gasteiger partial charge >= 0.3 is 0 Å². The van der Waals surface area contributed by atoms with Crippen molar-refractivity contribution in [2.24, 2.45) is 0 Å². The van der Waals surface area contributed by atoms with Crippen LogP contribution in [0.2, 0.25) is 10.0 Å². The highest BCUT2D eigenvalue weighted by Crippen LogP contribution is 2.37. The predicted molar refractivity (Wildman–Crippen MR) is 130 cm³/mol. The molecule has 0 bridgehead atoms. The number of nitrogens with one attached hydrogen (secondary N) is 1. The van der Waals surface area contributed by atoms with Gasteiger partial charge in [-0.3, -0.25) is 0 Å². The van der Waals surface area contributed by atoms with Crippen molar-refractivity contribution in [2.45, 2.75) is 12.6 Å². The molecule has 1 N–H and O–H groups in total. The van der Waals surface area contributed by atoms with Crippen LogP contribution in [0.5, 0.6) is 11.5 Å². The molecule has 2 heterocycles. The Bertz CT molecular complexity index is 1320. The maximum atomic E-state index is 6.25. The smallest absolute Gasteiger partial charge is 0.226 e. The summed E-state index contributed by atoms with van der Waals surface area (Å²) in [6, 6.07) is 21.0. The van der Waals surface area contributed by atoms with Gasteiger partial charge in [-0.1, -0.05) is 59.6 Å². The van der Waals surface area contributed by atoms with Crippen LogP contribution in [0.15, 0.2) is 79.1 Å². The van der Waals surface area contributed by atoms with E-state index in [0.717, 1.165) is 22.4 Å². The Morgan fingerprint density at radius 3 is 2.61 bits per heavy atom. The van der Waals surface area contributed by atoms with Crippen molar-refractivity contribution in [1.82, 2.24) is 14.8 Å². The summed E-state index contributed by atoms with van der Waals surface area (Å²) in [5, 5.41) is 9.10. The normalized spacial score (nSPS) is 14.8. The average molecular weight is 479 g/mol. The van der Waals surface area contributed by atoms with Crippen LogP contribution in [-0.2, 0) is 6.61 Å². The van der Waals surface area contributed by atoms with E-state index < -0.39 is 0 Å². The van der Waals surface area contributed by atoms with Crippen LogP contribution in [0.25, 0.3) is 5.70 Å². The van der Waals surface area contributed by atoms with Gasteiger partial charge in [0.15, 0.2) is 11.5 Å². The standard InChI is InChI=1S/C25H20Cl2N4O2/c1-32-24-12-17(8-11-23(24)33-14-18-4-2-3-5-20(18)27)22-13-21(16-6-9-19(26)10-7-16)30-25-28-15-29-31(22)25/h2-13,15,22H,14H2,1H3,(H,28,29,30). The van der Waals surface area contributed by atoms with Crippen molar-refractivity contribution in [3.8, 4) is 11.5 Å². The van der Waals surface area contributed by atoms with Gasteiger partial charge in [0.2, 0.25) is 5.95 Å². The molecule has 1 aliphatic rings. The molecule has 1 atom stereocenters. The van der Waals surface area contributed by atoms with Crippen molar-refractivity contribution < 1.29 is 9.47 Å². The van der Waals surface area contributed by atoms with Gasteiger partial charge in [0.1, 0.15) is 19.0 Å². The first-order valence-electron chi connectivity index (χ1n) is 10.3. The lowest BCUT2D eigenvalue weighted by Gasteiger charge is -2.25. The highest BCUT2D eigenvalue weighted by Gasteiger charge is 2.24. The summed E-state index contributed by atoms with van der Waals surface area (Å²) in [5.41, 5.74) is 3.82. The minimum atomic E-state index is -0.180. The number of hydrogen-bond donors (Lipinski definition) is 1. The van der Waals surface area contributed by atoms with E-state index in [0.29, 0.717) is 34.1 Å². The van der Waals surface area contributed by atoms with Crippen LogP contribution in [0.4, 0.5) is 5.95 Å². The minimum absolute atomic E-state index is 0.180. The summed E-state index contributed by atoms with van der Waals surface area (Å²) in [4.78, 5) is 4.36. The van der Waals surface area contributed by atoms with Crippen molar-refractivity contribution in [2.75, 3.05) is 12.4 Å². The predicted octanol–water partition coefficient (Wildman–Crippen LogP) is 6.23. The van der Waals surface area contributed by atoms with E-state index in [1.54, 1.807) is 7.11 Å². The summed E-state index contributed by atoms with van der Waals surface area (Å²) in [6.45, 7) is 0.344. The molecule has 0 fully saturated rings. The molecule has 33 heavy (non-hydrogen) atoms. The first-order valence-corrected chi connectivity index (χ1v) is 11.1. The van der Waals surface area contributed by atoms with Gasteiger partial charge in [-0.25, -0.2) is 4.68 Å². The largest absolute Gasteiger partial charge is 0.493 e. The van der Waals surface area contributed by atoms with E-state index in [2.05, 4.69) is 21.5 Å². The second kappa shape index (κ2) is 9.17. The van der Waals surface area contributed by atoms with Gasteiger partial charge in [0, 0.05) is 21.3 Å². The molecule has 6 nitrogen and oxygen atoms in total. The van der Waals surface area contributed by atoms with Gasteiger partial charge in [-0.15, -0.1) is 0 Å². The molecular formula is C25H20Cl2N4O2. The molecular weight excluding hydrogens is 459 g/mol. The average Bonchev–Trinajstić information content (AvgIpc) is 3.32. The molecule has 1 unspecified atom stereocenters. The van der Waals surface area contributed by atoms with Gasteiger partial charge in [-0.05, 0) is 47.5 Å². The lowest BCUT2D eigenvalue weighted by Crippen LogP contribution is -2.20. The lowest BCUT2D eigenvalue weighted by atomic mass is 10.0. The molecule has 0 spiro atoms. The maximum Gasteiger partial charge on any atom is 0.226 e. The number of allylic oxidation sites excluding steroid dienone is 1. The van der Waals surface area contributed by atoms with E-state index in [4.69, 9.17) is 32.7 Å². The summed E-state index contributed by atoms with van der Waals surface area (Å²) in [6.07, 6.45) is 3.64. The van der Waals surface area contributed by atoms with Crippen LogP contribution in [0, 0.1) is 0 Å². The van der Waals surface area contributed by atoms with E-state index in [1.807, 2.05) is 71.4 Å². The maximum absolute atomic E-state index is 6.25. The third-order valence-electron chi connectivity index (χ3n) is 5.43. The molecule has 3 aromatic carbocycles. The van der Waals surface area contributed by atoms with Gasteiger partial charge in [0.25, 0.3) is 0 Å². The third-order valence-corrected chi connectivity index (χ3v) is 6.05. The van der Waals surface area contributed by atoms with Crippen molar-refractivity contribution in [3.05, 3.63) is 106 Å². The van der Waals surface area contributed by atoms with E-state index in [-0.39, 0.29) is 6.04 Å². The summed E-state index contributed by atoms with van der Waals surface area (Å²) >= 11 is 12.3. The minimum Gasteiger partial charge on any atom is -0.493 e. The Balaban J connectivity index is 1.46. The number of halogens is 2. The number of nitrogens with zero attached hydrogens (tertiary/aromatic N) is 3. The molecule has 0 saturated heterocycles. The Labute approximate surface area is 201 Å². The second-order valence-corrected chi connectivity index (χ2v) is 8.32. The quantitative estimate of drug-likeness (QED) is 0.355. The fourth-order valence-electron chi connectivity index (χ4n) is 3.73. The molecule has 166 valence electrons. The lowest BCUT2D eigenvalue weighted by molar-refractivity contribution is 0.284. The fourth-order valence-corrected chi connectivity index (χ4v) is 4.04. The number of benzene rings is 3. The van der Waals surface area contributed by atoms with E-state index in [9.17, 15) is 0 Å². The molecule has 0 amide bonds. The SMILES string of the molecule is COc1cc(C2C=C(c3ccc(Cl)cc3)Nc3ncnn32)ccc1OCc1ccccc1Cl.